The van der Waals surface area contributed by atoms with Gasteiger partial charge in [-0.05, 0) is 12.8 Å². The van der Waals surface area contributed by atoms with Gasteiger partial charge < -0.3 is 10.2 Å². The number of hydrogen-bond acceptors (Lipinski definition) is 2. The molecule has 0 aromatic carbocycles. The third-order valence-corrected chi connectivity index (χ3v) is 2.40. The van der Waals surface area contributed by atoms with Crippen LogP contribution < -0.4 is 0 Å². The Morgan fingerprint density at radius 1 is 0.917 bits per heavy atom. The predicted molar refractivity (Wildman–Crippen MR) is 40.7 cm³/mol. The van der Waals surface area contributed by atoms with Gasteiger partial charge in [0.1, 0.15) is 0 Å². The molecule has 12 heavy (non-hydrogen) atoms. The molecule has 0 aromatic rings. The largest absolute Gasteiger partial charge is 0.481 e. The van der Waals surface area contributed by atoms with Crippen molar-refractivity contribution in [1.29, 1.82) is 0 Å². The van der Waals surface area contributed by atoms with E-state index in [4.69, 9.17) is 10.2 Å². The number of carboxylic acid groups (broad SMARTS) is 2. The molecule has 4 nitrogen and oxygen atoms in total. The Morgan fingerprint density at radius 3 is 1.50 bits per heavy atom. The third-order valence-electron chi connectivity index (χ3n) is 2.40. The fourth-order valence-corrected chi connectivity index (χ4v) is 1.72. The molecule has 2 atom stereocenters. The highest BCUT2D eigenvalue weighted by Gasteiger charge is 2.35. The van der Waals surface area contributed by atoms with Crippen molar-refractivity contribution in [3.8, 4) is 0 Å². The quantitative estimate of drug-likeness (QED) is 0.650. The lowest BCUT2D eigenvalue weighted by Gasteiger charge is -2.24. The second kappa shape index (κ2) is 3.56. The van der Waals surface area contributed by atoms with Gasteiger partial charge in [0.05, 0.1) is 11.8 Å². The molecule has 0 radical (unpaired) electrons. The standard InChI is InChI=1S/C8H12O4/c9-7(10)5-3-1-2-4-6(5)8(11)12/h5-6H,1-4H2,(H,9,10)(H,11,12)/t5-,6?/m0/s1. The lowest BCUT2D eigenvalue weighted by molar-refractivity contribution is -0.155. The lowest BCUT2D eigenvalue weighted by Crippen LogP contribution is -2.32. The number of carbonyl (C=O) groups is 2. The highest BCUT2D eigenvalue weighted by atomic mass is 16.4. The van der Waals surface area contributed by atoms with Crippen LogP contribution >= 0.6 is 0 Å². The van der Waals surface area contributed by atoms with Crippen molar-refractivity contribution in [3.63, 3.8) is 0 Å². The van der Waals surface area contributed by atoms with Gasteiger partial charge in [-0.2, -0.15) is 0 Å². The van der Waals surface area contributed by atoms with Gasteiger partial charge in [-0.1, -0.05) is 12.8 Å². The van der Waals surface area contributed by atoms with Crippen molar-refractivity contribution in [2.24, 2.45) is 11.8 Å². The van der Waals surface area contributed by atoms with Crippen LogP contribution in [0.4, 0.5) is 0 Å². The van der Waals surface area contributed by atoms with E-state index < -0.39 is 23.8 Å². The molecular formula is C8H12O4. The number of carboxylic acids is 2. The minimum atomic E-state index is -0.970. The van der Waals surface area contributed by atoms with E-state index in [1.807, 2.05) is 0 Å². The van der Waals surface area contributed by atoms with Crippen LogP contribution in [0.1, 0.15) is 25.7 Å². The van der Waals surface area contributed by atoms with E-state index in [0.717, 1.165) is 12.8 Å². The van der Waals surface area contributed by atoms with Crippen LogP contribution in [0, 0.1) is 11.8 Å². The predicted octanol–water partition coefficient (Wildman–Crippen LogP) is 0.962. The molecule has 0 aromatic heterocycles. The zero-order chi connectivity index (χ0) is 9.14. The first kappa shape index (κ1) is 9.03. The maximum atomic E-state index is 10.6. The number of hydrogen-bond donors (Lipinski definition) is 2. The smallest absolute Gasteiger partial charge is 0.307 e. The molecular weight excluding hydrogens is 160 g/mol. The molecule has 2 N–H and O–H groups in total. The molecule has 0 aliphatic heterocycles. The highest BCUT2D eigenvalue weighted by Crippen LogP contribution is 2.30. The van der Waals surface area contributed by atoms with E-state index in [1.54, 1.807) is 0 Å². The van der Waals surface area contributed by atoms with Crippen LogP contribution in [0.5, 0.6) is 0 Å². The minimum absolute atomic E-state index is 0.506. The fourth-order valence-electron chi connectivity index (χ4n) is 1.72. The van der Waals surface area contributed by atoms with E-state index in [9.17, 15) is 9.59 Å². The zero-order valence-electron chi connectivity index (χ0n) is 6.69. The first-order valence-electron chi connectivity index (χ1n) is 4.08. The normalized spacial score (nSPS) is 29.7. The maximum absolute atomic E-state index is 10.6. The number of aliphatic carboxylic acids is 2. The maximum Gasteiger partial charge on any atom is 0.307 e. The summed E-state index contributed by atoms with van der Waals surface area (Å²) in [5, 5.41) is 17.4. The van der Waals surface area contributed by atoms with Gasteiger partial charge in [-0.3, -0.25) is 9.59 Å². The molecule has 0 amide bonds. The Bertz CT molecular complexity index is 177. The van der Waals surface area contributed by atoms with E-state index >= 15 is 0 Å². The molecule has 0 heterocycles. The molecule has 1 saturated carbocycles. The van der Waals surface area contributed by atoms with Gasteiger partial charge in [-0.15, -0.1) is 0 Å². The molecule has 1 aliphatic carbocycles. The van der Waals surface area contributed by atoms with Crippen LogP contribution in [-0.4, -0.2) is 22.2 Å². The van der Waals surface area contributed by atoms with E-state index in [-0.39, 0.29) is 0 Å². The summed E-state index contributed by atoms with van der Waals surface area (Å²) < 4.78 is 0. The lowest BCUT2D eigenvalue weighted by atomic mass is 9.79. The monoisotopic (exact) mass is 172 g/mol. The SMILES string of the molecule is O=C(O)C1CCCC[C@@H]1C(=O)O. The van der Waals surface area contributed by atoms with Crippen molar-refractivity contribution in [3.05, 3.63) is 0 Å². The second-order valence-corrected chi connectivity index (χ2v) is 3.17. The summed E-state index contributed by atoms with van der Waals surface area (Å²) in [5.41, 5.74) is 0. The molecule has 0 bridgehead atoms. The summed E-state index contributed by atoms with van der Waals surface area (Å²) in [5.74, 6) is -3.28. The molecule has 4 heteroatoms. The van der Waals surface area contributed by atoms with E-state index in [0.29, 0.717) is 12.8 Å². The Labute approximate surface area is 70.2 Å². The number of rotatable bonds is 2. The van der Waals surface area contributed by atoms with Crippen molar-refractivity contribution in [1.82, 2.24) is 0 Å². The Balaban J connectivity index is 2.67. The molecule has 1 unspecified atom stereocenters. The van der Waals surface area contributed by atoms with Gasteiger partial charge in [0.25, 0.3) is 0 Å². The Kier molecular flexibility index (Phi) is 2.68. The van der Waals surface area contributed by atoms with Gasteiger partial charge in [-0.25, -0.2) is 0 Å². The van der Waals surface area contributed by atoms with Gasteiger partial charge in [0.15, 0.2) is 0 Å². The van der Waals surface area contributed by atoms with Crippen LogP contribution in [0.25, 0.3) is 0 Å². The Morgan fingerprint density at radius 2 is 1.25 bits per heavy atom. The van der Waals surface area contributed by atoms with Crippen LogP contribution in [0.15, 0.2) is 0 Å². The molecule has 68 valence electrons. The van der Waals surface area contributed by atoms with Gasteiger partial charge in [0.2, 0.25) is 0 Å². The van der Waals surface area contributed by atoms with Crippen LogP contribution in [0.3, 0.4) is 0 Å². The third kappa shape index (κ3) is 1.75. The minimum Gasteiger partial charge on any atom is -0.481 e. The van der Waals surface area contributed by atoms with E-state index in [2.05, 4.69) is 0 Å². The topological polar surface area (TPSA) is 74.6 Å². The Hall–Kier alpha value is -1.06. The first-order chi connectivity index (χ1) is 5.63. The second-order valence-electron chi connectivity index (χ2n) is 3.17. The summed E-state index contributed by atoms with van der Waals surface area (Å²) in [7, 11) is 0. The van der Waals surface area contributed by atoms with Crippen molar-refractivity contribution < 1.29 is 19.8 Å². The van der Waals surface area contributed by atoms with Crippen molar-refractivity contribution >= 4 is 11.9 Å². The van der Waals surface area contributed by atoms with Crippen molar-refractivity contribution in [2.75, 3.05) is 0 Å². The summed E-state index contributed by atoms with van der Waals surface area (Å²) in [6.45, 7) is 0. The molecule has 1 rings (SSSR count). The summed E-state index contributed by atoms with van der Waals surface area (Å²) in [6, 6.07) is 0. The van der Waals surface area contributed by atoms with Gasteiger partial charge >= 0.3 is 11.9 Å². The molecule has 1 aliphatic rings. The van der Waals surface area contributed by atoms with Crippen LogP contribution in [-0.2, 0) is 9.59 Å². The molecule has 1 fully saturated rings. The van der Waals surface area contributed by atoms with Gasteiger partial charge in [0, 0.05) is 0 Å². The average Bonchev–Trinajstić information content (AvgIpc) is 2.04. The fraction of sp³-hybridized carbons (Fsp3) is 0.750. The van der Waals surface area contributed by atoms with Crippen LogP contribution in [0.2, 0.25) is 0 Å². The molecule has 0 spiro atoms. The zero-order valence-corrected chi connectivity index (χ0v) is 6.69. The summed E-state index contributed by atoms with van der Waals surface area (Å²) in [4.78, 5) is 21.2. The highest BCUT2D eigenvalue weighted by molar-refractivity contribution is 5.80. The van der Waals surface area contributed by atoms with Crippen molar-refractivity contribution in [2.45, 2.75) is 25.7 Å². The summed E-state index contributed by atoms with van der Waals surface area (Å²) >= 11 is 0. The first-order valence-corrected chi connectivity index (χ1v) is 4.08. The molecule has 0 saturated heterocycles. The summed E-state index contributed by atoms with van der Waals surface area (Å²) in [6.07, 6.45) is 2.68. The van der Waals surface area contributed by atoms with E-state index in [1.165, 1.54) is 0 Å². The average molecular weight is 172 g/mol.